The van der Waals surface area contributed by atoms with Gasteiger partial charge in [0, 0.05) is 0 Å². The summed E-state index contributed by atoms with van der Waals surface area (Å²) in [5, 5.41) is 1.50. The van der Waals surface area contributed by atoms with Crippen LogP contribution in [0.4, 0.5) is 0 Å². The third kappa shape index (κ3) is 5.79. The van der Waals surface area contributed by atoms with E-state index in [2.05, 4.69) is 41.5 Å². The van der Waals surface area contributed by atoms with Crippen LogP contribution in [0.2, 0.25) is 0 Å². The third-order valence-corrected chi connectivity index (χ3v) is 8.80. The summed E-state index contributed by atoms with van der Waals surface area (Å²) in [5.41, 5.74) is 1.04. The topological polar surface area (TPSA) is 52.6 Å². The number of carbonyl (C=O) groups is 2. The number of hydrogen-bond donors (Lipinski definition) is 0. The van der Waals surface area contributed by atoms with Gasteiger partial charge >= 0.3 is 11.9 Å². The zero-order valence-corrected chi connectivity index (χ0v) is 23.0. The fourth-order valence-corrected chi connectivity index (χ4v) is 6.56. The zero-order valence-electron chi connectivity index (χ0n) is 23.0. The van der Waals surface area contributed by atoms with Crippen molar-refractivity contribution >= 4 is 22.7 Å². The highest BCUT2D eigenvalue weighted by atomic mass is 16.5. The van der Waals surface area contributed by atoms with Gasteiger partial charge in [0.25, 0.3) is 0 Å². The van der Waals surface area contributed by atoms with Crippen molar-refractivity contribution in [2.24, 2.45) is 35.5 Å². The molecule has 0 radical (unpaired) electrons. The molecule has 2 saturated carbocycles. The third-order valence-electron chi connectivity index (χ3n) is 8.80. The summed E-state index contributed by atoms with van der Waals surface area (Å²) < 4.78 is 12.3. The van der Waals surface area contributed by atoms with Gasteiger partial charge in [-0.25, -0.2) is 9.59 Å². The van der Waals surface area contributed by atoms with Gasteiger partial charge in [0.2, 0.25) is 0 Å². The summed E-state index contributed by atoms with van der Waals surface area (Å²) in [6.45, 7) is 13.3. The Morgan fingerprint density at radius 2 is 1.06 bits per heavy atom. The maximum atomic E-state index is 13.4. The van der Waals surface area contributed by atoms with Crippen LogP contribution in [-0.4, -0.2) is 24.1 Å². The van der Waals surface area contributed by atoms with Gasteiger partial charge in [0.15, 0.2) is 0 Å². The van der Waals surface area contributed by atoms with Gasteiger partial charge < -0.3 is 9.47 Å². The second-order valence-corrected chi connectivity index (χ2v) is 12.2. The van der Waals surface area contributed by atoms with E-state index in [-0.39, 0.29) is 24.1 Å². The largest absolute Gasteiger partial charge is 0.458 e. The monoisotopic (exact) mass is 492 g/mol. The van der Waals surface area contributed by atoms with Crippen molar-refractivity contribution in [1.82, 2.24) is 0 Å². The van der Waals surface area contributed by atoms with Crippen LogP contribution in [0.1, 0.15) is 101 Å². The molecule has 0 amide bonds. The van der Waals surface area contributed by atoms with Crippen molar-refractivity contribution in [3.8, 4) is 0 Å². The second-order valence-electron chi connectivity index (χ2n) is 12.2. The second kappa shape index (κ2) is 11.4. The smallest absolute Gasteiger partial charge is 0.339 e. The molecule has 0 aliphatic heterocycles. The van der Waals surface area contributed by atoms with E-state index in [9.17, 15) is 9.59 Å². The minimum atomic E-state index is -0.295. The Morgan fingerprint density at radius 1 is 0.667 bits per heavy atom. The van der Waals surface area contributed by atoms with Crippen LogP contribution in [-0.2, 0) is 9.47 Å². The van der Waals surface area contributed by atoms with Crippen molar-refractivity contribution < 1.29 is 19.1 Å². The number of carbonyl (C=O) groups excluding carboxylic acids is 2. The van der Waals surface area contributed by atoms with Gasteiger partial charge in [-0.3, -0.25) is 0 Å². The first kappa shape index (κ1) is 26.7. The molecule has 0 spiro atoms. The van der Waals surface area contributed by atoms with E-state index < -0.39 is 0 Å². The minimum absolute atomic E-state index is 0.0640. The molecular weight excluding hydrogens is 448 g/mol. The highest BCUT2D eigenvalue weighted by molar-refractivity contribution is 6.11. The molecule has 36 heavy (non-hydrogen) atoms. The molecule has 0 saturated heterocycles. The highest BCUT2D eigenvalue weighted by Crippen LogP contribution is 2.38. The fourth-order valence-electron chi connectivity index (χ4n) is 6.56. The number of ether oxygens (including phenoxy) is 2. The molecule has 6 atom stereocenters. The summed E-state index contributed by atoms with van der Waals surface area (Å²) in [6.07, 6.45) is 6.26. The highest BCUT2D eigenvalue weighted by Gasteiger charge is 2.35. The van der Waals surface area contributed by atoms with Crippen molar-refractivity contribution in [3.05, 3.63) is 47.5 Å². The normalized spacial score (nSPS) is 28.9. The standard InChI is InChI=1S/C32H44O4/c1-19(2)23-13-11-21(5)17-29(23)35-31(33)27-15-16-28(26-10-8-7-9-25(26)27)32(34)36-30-18-22(6)12-14-24(30)20(3)4/h7-10,15-16,19-24,29-30H,11-14,17-18H2,1-6H3/t21-,22-,23+,24+,29-,30-/m1/s1. The molecule has 4 nitrogen and oxygen atoms in total. The molecule has 4 rings (SSSR count). The molecule has 0 unspecified atom stereocenters. The summed E-state index contributed by atoms with van der Waals surface area (Å²) >= 11 is 0. The first-order chi connectivity index (χ1) is 17.2. The summed E-state index contributed by atoms with van der Waals surface area (Å²) in [7, 11) is 0. The maximum Gasteiger partial charge on any atom is 0.339 e. The first-order valence-corrected chi connectivity index (χ1v) is 14.1. The number of esters is 2. The number of rotatable bonds is 6. The van der Waals surface area contributed by atoms with Crippen LogP contribution < -0.4 is 0 Å². The van der Waals surface area contributed by atoms with E-state index in [1.807, 2.05) is 24.3 Å². The van der Waals surface area contributed by atoms with E-state index in [0.717, 1.165) is 36.5 Å². The Morgan fingerprint density at radius 3 is 1.42 bits per heavy atom. The predicted octanol–water partition coefficient (Wildman–Crippen LogP) is 8.08. The van der Waals surface area contributed by atoms with Gasteiger partial charge in [0.1, 0.15) is 12.2 Å². The maximum absolute atomic E-state index is 13.4. The average molecular weight is 493 g/mol. The molecule has 2 fully saturated rings. The van der Waals surface area contributed by atoms with Gasteiger partial charge in [-0.1, -0.05) is 78.6 Å². The van der Waals surface area contributed by atoms with Crippen LogP contribution in [0.25, 0.3) is 10.8 Å². The van der Waals surface area contributed by atoms with E-state index in [4.69, 9.17) is 9.47 Å². The molecule has 0 N–H and O–H groups in total. The Balaban J connectivity index is 1.58. The van der Waals surface area contributed by atoms with Crippen molar-refractivity contribution in [1.29, 1.82) is 0 Å². The van der Waals surface area contributed by atoms with Crippen LogP contribution in [0.5, 0.6) is 0 Å². The van der Waals surface area contributed by atoms with E-state index >= 15 is 0 Å². The average Bonchev–Trinajstić information content (AvgIpc) is 2.83. The number of benzene rings is 2. The van der Waals surface area contributed by atoms with Gasteiger partial charge in [-0.15, -0.1) is 0 Å². The fraction of sp³-hybridized carbons (Fsp3) is 0.625. The number of hydrogen-bond acceptors (Lipinski definition) is 4. The van der Waals surface area contributed by atoms with Gasteiger partial charge in [0.05, 0.1) is 11.1 Å². The Hall–Kier alpha value is -2.36. The Bertz CT molecular complexity index is 987. The quantitative estimate of drug-likeness (QED) is 0.383. The number of fused-ring (bicyclic) bond motifs is 1. The minimum Gasteiger partial charge on any atom is -0.458 e. The molecule has 2 aromatic carbocycles. The lowest BCUT2D eigenvalue weighted by Crippen LogP contribution is -2.36. The Labute approximate surface area is 217 Å². The zero-order chi connectivity index (χ0) is 26.0. The summed E-state index contributed by atoms with van der Waals surface area (Å²) in [4.78, 5) is 26.8. The molecule has 0 aromatic heterocycles. The SMILES string of the molecule is CC(C)[C@@H]1CC[C@@H](C)C[C@H]1OC(=O)c1ccc(C(=O)O[C@@H]2C[C@H](C)CC[C@H]2C(C)C)c2ccccc12. The first-order valence-electron chi connectivity index (χ1n) is 14.1. The van der Waals surface area contributed by atoms with E-state index in [0.29, 0.717) is 46.6 Å². The molecular formula is C32H44O4. The van der Waals surface area contributed by atoms with Crippen LogP contribution in [0.15, 0.2) is 36.4 Å². The lowest BCUT2D eigenvalue weighted by Gasteiger charge is -2.37. The van der Waals surface area contributed by atoms with Crippen LogP contribution in [0.3, 0.4) is 0 Å². The Kier molecular flexibility index (Phi) is 8.42. The van der Waals surface area contributed by atoms with Crippen molar-refractivity contribution in [2.75, 3.05) is 0 Å². The van der Waals surface area contributed by atoms with Crippen molar-refractivity contribution in [3.63, 3.8) is 0 Å². The van der Waals surface area contributed by atoms with Crippen LogP contribution in [0, 0.1) is 35.5 Å². The molecule has 0 bridgehead atoms. The molecule has 2 aliphatic rings. The van der Waals surface area contributed by atoms with Crippen LogP contribution >= 0.6 is 0 Å². The molecule has 196 valence electrons. The van der Waals surface area contributed by atoms with E-state index in [1.54, 1.807) is 12.1 Å². The van der Waals surface area contributed by atoms with E-state index in [1.165, 1.54) is 12.8 Å². The summed E-state index contributed by atoms with van der Waals surface area (Å²) in [6, 6.07) is 11.1. The van der Waals surface area contributed by atoms with Crippen molar-refractivity contribution in [2.45, 2.75) is 92.3 Å². The molecule has 2 aromatic rings. The molecule has 4 heteroatoms. The van der Waals surface area contributed by atoms with Gasteiger partial charge in [-0.2, -0.15) is 0 Å². The lowest BCUT2D eigenvalue weighted by molar-refractivity contribution is -0.0183. The molecule has 0 heterocycles. The molecule has 2 aliphatic carbocycles. The summed E-state index contributed by atoms with van der Waals surface area (Å²) in [5.74, 6) is 2.25. The lowest BCUT2D eigenvalue weighted by atomic mass is 9.75. The predicted molar refractivity (Wildman–Crippen MR) is 145 cm³/mol. The van der Waals surface area contributed by atoms with Gasteiger partial charge in [-0.05, 0) is 84.1 Å².